The predicted octanol–water partition coefficient (Wildman–Crippen LogP) is -2.69. The third kappa shape index (κ3) is 4.98. The number of hydrogen-bond donors (Lipinski definition) is 5. The Hall–Kier alpha value is 2.31. The van der Waals surface area contributed by atoms with Crippen molar-refractivity contribution in [3.05, 3.63) is 16.7 Å². The molecule has 117 valence electrons. The van der Waals surface area contributed by atoms with Gasteiger partial charge in [-0.05, 0) is 0 Å². The summed E-state index contributed by atoms with van der Waals surface area (Å²) >= 11 is 0. The van der Waals surface area contributed by atoms with Crippen molar-refractivity contribution in [2.45, 2.75) is 24.5 Å². The molecule has 1 aliphatic heterocycles. The van der Waals surface area contributed by atoms with Crippen molar-refractivity contribution in [3.8, 4) is 0 Å². The first-order valence-corrected chi connectivity index (χ1v) is 5.87. The fourth-order valence-corrected chi connectivity index (χ4v) is 2.24. The molecule has 3 radical (unpaired) electrons. The average molecular weight is 964 g/mol. The maximum Gasteiger partial charge on any atom is 0.280 e. The van der Waals surface area contributed by atoms with Gasteiger partial charge in [-0.15, -0.1) is 0 Å². The number of aromatic amines is 1. The number of aliphatic hydroxyl groups is 3. The molecule has 0 bridgehead atoms. The normalized spacial score (nSPS) is 26.2. The van der Waals surface area contributed by atoms with Crippen molar-refractivity contribution in [3.63, 3.8) is 0 Å². The molecule has 23 heavy (non-hydrogen) atoms. The summed E-state index contributed by atoms with van der Waals surface area (Å²) in [4.78, 5) is 21.8. The van der Waals surface area contributed by atoms with E-state index >= 15 is 0 Å². The number of imidazole rings is 1. The summed E-state index contributed by atoms with van der Waals surface area (Å²) in [5, 5.41) is 28.7. The number of rotatable bonds is 2. The van der Waals surface area contributed by atoms with Gasteiger partial charge in [-0.2, -0.15) is 4.98 Å². The number of H-pyrrole nitrogens is 1. The van der Waals surface area contributed by atoms with Gasteiger partial charge >= 0.3 is 0 Å². The van der Waals surface area contributed by atoms with E-state index in [1.165, 1.54) is 10.9 Å². The number of ether oxygens (including phenoxy) is 1. The number of fused-ring (bicyclic) bond motifs is 1. The van der Waals surface area contributed by atoms with Crippen LogP contribution in [-0.4, -0.2) is 59.8 Å². The number of aromatic nitrogens is 4. The Morgan fingerprint density at radius 2 is 1.96 bits per heavy atom. The van der Waals surface area contributed by atoms with E-state index in [9.17, 15) is 15.0 Å². The van der Waals surface area contributed by atoms with Crippen molar-refractivity contribution in [1.82, 2.24) is 19.5 Å². The molecule has 0 spiro atoms. The first kappa shape index (κ1) is 25.3. The predicted molar refractivity (Wildman–Crippen MR) is 65.6 cm³/mol. The van der Waals surface area contributed by atoms with Crippen molar-refractivity contribution in [1.29, 1.82) is 0 Å². The summed E-state index contributed by atoms with van der Waals surface area (Å²) in [7, 11) is 0. The van der Waals surface area contributed by atoms with E-state index in [0.717, 1.165) is 0 Å². The largest absolute Gasteiger partial charge is 0.394 e. The van der Waals surface area contributed by atoms with Crippen LogP contribution in [0.3, 0.4) is 0 Å². The van der Waals surface area contributed by atoms with Gasteiger partial charge in [-0.25, -0.2) is 4.98 Å². The molecule has 2 aromatic heterocycles. The van der Waals surface area contributed by atoms with Crippen LogP contribution < -0.4 is 11.3 Å². The van der Waals surface area contributed by atoms with E-state index in [0.29, 0.717) is 0 Å². The molecule has 1 saturated heterocycles. The Labute approximate surface area is 237 Å². The van der Waals surface area contributed by atoms with Crippen molar-refractivity contribution in [2.75, 3.05) is 12.3 Å². The minimum atomic E-state index is -1.29. The fourth-order valence-electron chi connectivity index (χ4n) is 2.24. The molecule has 1 aliphatic rings. The van der Waals surface area contributed by atoms with E-state index < -0.39 is 36.7 Å². The summed E-state index contributed by atoms with van der Waals surface area (Å²) in [6.45, 7) is -0.447. The molecular formula is C10H13Ac3N5O5. The zero-order chi connectivity index (χ0) is 14.4. The number of nitrogens with one attached hydrogen (secondary N) is 1. The smallest absolute Gasteiger partial charge is 0.280 e. The zero-order valence-corrected chi connectivity index (χ0v) is 26.1. The Balaban J connectivity index is 0.00000161. The van der Waals surface area contributed by atoms with E-state index in [1.54, 1.807) is 0 Å². The van der Waals surface area contributed by atoms with Crippen LogP contribution in [0.5, 0.6) is 0 Å². The van der Waals surface area contributed by atoms with E-state index in [2.05, 4.69) is 15.0 Å². The molecule has 1 fully saturated rings. The Kier molecular flexibility index (Phi) is 11.7. The summed E-state index contributed by atoms with van der Waals surface area (Å²) in [6, 6.07) is 0. The summed E-state index contributed by atoms with van der Waals surface area (Å²) < 4.78 is 6.64. The van der Waals surface area contributed by atoms with Gasteiger partial charge in [0, 0.05) is 132 Å². The van der Waals surface area contributed by atoms with Crippen molar-refractivity contribution in [2.24, 2.45) is 0 Å². The third-order valence-corrected chi connectivity index (χ3v) is 3.24. The van der Waals surface area contributed by atoms with Crippen LogP contribution in [0.25, 0.3) is 11.2 Å². The SMILES string of the molecule is Nc1nc2c(ncn2C2OC(CO)[C@@H](O)[C@H]2O)c(=O)[nH]1.[Ac].[Ac].[Ac]. The standard InChI is InChI=1S/C10H13N5O5.3Ac/c11-10-13-7-4(8(19)14-10)12-2-15(7)9-6(18)5(17)3(1-16)20-9;;;/h2-3,5-6,9,16-18H,1H2,(H3,11,13,14,19);;;/t3?,5-,6-,9?;;;/m1.../s1. The van der Waals surface area contributed by atoms with Crippen LogP contribution >= 0.6 is 0 Å². The minimum Gasteiger partial charge on any atom is -0.394 e. The Morgan fingerprint density at radius 3 is 2.52 bits per heavy atom. The first-order valence-electron chi connectivity index (χ1n) is 5.87. The van der Waals surface area contributed by atoms with Gasteiger partial charge in [0.1, 0.15) is 18.3 Å². The van der Waals surface area contributed by atoms with Gasteiger partial charge in [0.2, 0.25) is 5.95 Å². The Bertz CT molecular complexity index is 710. The second-order valence-electron chi connectivity index (χ2n) is 4.50. The second kappa shape index (κ2) is 10.6. The van der Waals surface area contributed by atoms with Gasteiger partial charge < -0.3 is 25.8 Å². The molecule has 0 saturated carbocycles. The third-order valence-electron chi connectivity index (χ3n) is 3.24. The second-order valence-corrected chi connectivity index (χ2v) is 4.50. The summed E-state index contributed by atoms with van der Waals surface area (Å²) in [5.74, 6) is -0.101. The molecule has 13 heteroatoms. The van der Waals surface area contributed by atoms with Crippen LogP contribution in [0.1, 0.15) is 6.23 Å². The maximum atomic E-state index is 11.7. The molecule has 3 rings (SSSR count). The number of nitrogens with zero attached hydrogens (tertiary/aromatic N) is 3. The van der Waals surface area contributed by atoms with Gasteiger partial charge in [-0.1, -0.05) is 0 Å². The average Bonchev–Trinajstić information content (AvgIpc) is 2.93. The van der Waals surface area contributed by atoms with E-state index in [4.69, 9.17) is 15.6 Å². The zero-order valence-electron chi connectivity index (χ0n) is 11.9. The first-order chi connectivity index (χ1) is 9.52. The molecule has 6 N–H and O–H groups in total. The molecule has 2 aromatic rings. The van der Waals surface area contributed by atoms with Gasteiger partial charge in [0.15, 0.2) is 17.4 Å². The molecule has 4 atom stereocenters. The number of nitrogen functional groups attached to an aromatic ring is 1. The van der Waals surface area contributed by atoms with Crippen molar-refractivity contribution >= 4 is 17.1 Å². The minimum absolute atomic E-state index is 0. The quantitative estimate of drug-likeness (QED) is 0.218. The number of hydrogen-bond acceptors (Lipinski definition) is 8. The molecule has 2 unspecified atom stereocenters. The fraction of sp³-hybridized carbons (Fsp3) is 0.500. The van der Waals surface area contributed by atoms with Crippen LogP contribution in [0.15, 0.2) is 11.1 Å². The van der Waals surface area contributed by atoms with Gasteiger partial charge in [0.05, 0.1) is 12.9 Å². The maximum absolute atomic E-state index is 11.7. The topological polar surface area (TPSA) is 160 Å². The van der Waals surface area contributed by atoms with Crippen LogP contribution in [-0.2, 0) is 4.74 Å². The van der Waals surface area contributed by atoms with Gasteiger partial charge in [-0.3, -0.25) is 14.3 Å². The van der Waals surface area contributed by atoms with Crippen LogP contribution in [0, 0.1) is 132 Å². The van der Waals surface area contributed by atoms with E-state index in [1.807, 2.05) is 0 Å². The van der Waals surface area contributed by atoms with E-state index in [-0.39, 0.29) is 149 Å². The number of nitrogens with two attached hydrogens (primary N) is 1. The number of anilines is 1. The molecule has 0 amide bonds. The molecular weight excluding hydrogens is 951 g/mol. The summed E-state index contributed by atoms with van der Waals surface area (Å²) in [6.07, 6.45) is -3.21. The Morgan fingerprint density at radius 1 is 1.30 bits per heavy atom. The summed E-state index contributed by atoms with van der Waals surface area (Å²) in [5.41, 5.74) is 5.12. The van der Waals surface area contributed by atoms with Crippen LogP contribution in [0.2, 0.25) is 0 Å². The molecule has 3 heterocycles. The van der Waals surface area contributed by atoms with Gasteiger partial charge in [0.25, 0.3) is 5.56 Å². The molecule has 0 aromatic carbocycles. The monoisotopic (exact) mass is 964 g/mol. The van der Waals surface area contributed by atoms with Crippen LogP contribution in [0.4, 0.5) is 5.95 Å². The molecule has 0 aliphatic carbocycles. The molecule has 10 nitrogen and oxygen atoms in total. The van der Waals surface area contributed by atoms with Crippen molar-refractivity contribution < 1.29 is 152 Å². The number of aliphatic hydroxyl groups excluding tert-OH is 3.